The molecule has 0 saturated heterocycles. The molecule has 0 bridgehead atoms. The van der Waals surface area contributed by atoms with E-state index in [0.717, 1.165) is 0 Å². The van der Waals surface area contributed by atoms with Gasteiger partial charge in [0.15, 0.2) is 0 Å². The molecule has 0 saturated carbocycles. The molecule has 0 heterocycles. The van der Waals surface area contributed by atoms with E-state index in [-0.39, 0.29) is 22.1 Å². The quantitative estimate of drug-likeness (QED) is 0.844. The topological polar surface area (TPSA) is 46.3 Å². The van der Waals surface area contributed by atoms with E-state index in [1.165, 1.54) is 30.1 Å². The van der Waals surface area contributed by atoms with Crippen LogP contribution in [-0.2, 0) is 0 Å². The average molecular weight is 261 g/mol. The third-order valence-corrected chi connectivity index (χ3v) is 2.43. The molecule has 0 aliphatic heterocycles. The van der Waals surface area contributed by atoms with Crippen LogP contribution in [0.5, 0.6) is 0 Å². The lowest BCUT2D eigenvalue weighted by Gasteiger charge is -2.16. The molecule has 2 N–H and O–H groups in total. The second-order valence-corrected chi connectivity index (χ2v) is 4.13. The monoisotopic (exact) mass is 260 g/mol. The molecule has 0 fully saturated rings. The minimum Gasteiger partial charge on any atom is -0.392 e. The molecule has 1 amide bonds. The molecule has 0 spiro atoms. The summed E-state index contributed by atoms with van der Waals surface area (Å²) in [6.07, 6.45) is 0. The fourth-order valence-electron chi connectivity index (χ4n) is 1.18. The summed E-state index contributed by atoms with van der Waals surface area (Å²) in [5, 5.41) is -0.192. The Morgan fingerprint density at radius 1 is 1.62 bits per heavy atom. The summed E-state index contributed by atoms with van der Waals surface area (Å²) < 4.78 is 13.1. The first-order chi connectivity index (χ1) is 7.43. The van der Waals surface area contributed by atoms with Crippen molar-refractivity contribution in [1.29, 1.82) is 0 Å². The molecule has 0 aliphatic carbocycles. The lowest BCUT2D eigenvalue weighted by molar-refractivity contribution is 0.0815. The summed E-state index contributed by atoms with van der Waals surface area (Å²) in [6, 6.07) is 4.06. The summed E-state index contributed by atoms with van der Waals surface area (Å²) in [4.78, 5) is 13.3. The van der Waals surface area contributed by atoms with Gasteiger partial charge in [-0.1, -0.05) is 29.9 Å². The molecule has 1 rings (SSSR count). The molecule has 3 nitrogen and oxygen atoms in total. The summed E-state index contributed by atoms with van der Waals surface area (Å²) in [7, 11) is 1.52. The normalized spacial score (nSPS) is 9.94. The highest BCUT2D eigenvalue weighted by Crippen LogP contribution is 2.20. The zero-order chi connectivity index (χ0) is 12.3. The molecular formula is C10H10ClFN2OS. The number of halogens is 2. The van der Waals surface area contributed by atoms with Gasteiger partial charge in [0.25, 0.3) is 5.91 Å². The number of thiocarbonyl (C=S) groups is 1. The zero-order valence-corrected chi connectivity index (χ0v) is 10.1. The summed E-state index contributed by atoms with van der Waals surface area (Å²) in [5.41, 5.74) is 5.41. The van der Waals surface area contributed by atoms with Gasteiger partial charge in [0.05, 0.1) is 22.1 Å². The van der Waals surface area contributed by atoms with E-state index in [9.17, 15) is 9.18 Å². The van der Waals surface area contributed by atoms with E-state index in [4.69, 9.17) is 17.3 Å². The number of carbonyl (C=O) groups is 1. The van der Waals surface area contributed by atoms with Crippen LogP contribution in [0.3, 0.4) is 0 Å². The highest BCUT2D eigenvalue weighted by Gasteiger charge is 2.17. The third kappa shape index (κ3) is 2.90. The Labute approximate surface area is 103 Å². The molecule has 0 aliphatic rings. The Morgan fingerprint density at radius 3 is 2.81 bits per heavy atom. The van der Waals surface area contributed by atoms with Crippen LogP contribution in [-0.4, -0.2) is 29.4 Å². The van der Waals surface area contributed by atoms with E-state index >= 15 is 0 Å². The molecule has 1 aromatic carbocycles. The van der Waals surface area contributed by atoms with Crippen molar-refractivity contribution in [2.75, 3.05) is 13.6 Å². The van der Waals surface area contributed by atoms with Crippen molar-refractivity contribution in [2.45, 2.75) is 0 Å². The van der Waals surface area contributed by atoms with Crippen LogP contribution in [0.2, 0.25) is 5.02 Å². The van der Waals surface area contributed by atoms with Crippen molar-refractivity contribution < 1.29 is 9.18 Å². The van der Waals surface area contributed by atoms with Gasteiger partial charge in [-0.2, -0.15) is 0 Å². The third-order valence-electron chi connectivity index (χ3n) is 1.92. The highest BCUT2D eigenvalue weighted by atomic mass is 35.5. The van der Waals surface area contributed by atoms with Gasteiger partial charge in [-0.05, 0) is 12.1 Å². The van der Waals surface area contributed by atoms with E-state index in [0.29, 0.717) is 0 Å². The van der Waals surface area contributed by atoms with Crippen molar-refractivity contribution >= 4 is 34.7 Å². The van der Waals surface area contributed by atoms with Crippen LogP contribution in [0.15, 0.2) is 18.2 Å². The number of hydrogen-bond donors (Lipinski definition) is 1. The van der Waals surface area contributed by atoms with E-state index < -0.39 is 11.7 Å². The minimum atomic E-state index is -0.628. The van der Waals surface area contributed by atoms with Crippen LogP contribution in [0.4, 0.5) is 4.39 Å². The van der Waals surface area contributed by atoms with Gasteiger partial charge in [0, 0.05) is 7.05 Å². The maximum atomic E-state index is 13.1. The maximum Gasteiger partial charge on any atom is 0.255 e. The second-order valence-electron chi connectivity index (χ2n) is 3.23. The Balaban J connectivity index is 2.96. The zero-order valence-electron chi connectivity index (χ0n) is 8.54. The number of likely N-dealkylation sites (N-methyl/N-ethyl adjacent to an activating group) is 1. The number of carbonyl (C=O) groups excluding carboxylic acids is 1. The number of rotatable bonds is 3. The maximum absolute atomic E-state index is 13.1. The molecule has 0 unspecified atom stereocenters. The summed E-state index contributed by atoms with van der Waals surface area (Å²) >= 11 is 10.4. The number of amides is 1. The first-order valence-electron chi connectivity index (χ1n) is 4.41. The fraction of sp³-hybridized carbons (Fsp3) is 0.200. The van der Waals surface area contributed by atoms with Gasteiger partial charge >= 0.3 is 0 Å². The van der Waals surface area contributed by atoms with Crippen LogP contribution < -0.4 is 5.73 Å². The number of nitrogens with two attached hydrogens (primary N) is 1. The highest BCUT2D eigenvalue weighted by molar-refractivity contribution is 7.80. The lowest BCUT2D eigenvalue weighted by Crippen LogP contribution is -2.34. The first kappa shape index (κ1) is 12.9. The Kier molecular flexibility index (Phi) is 4.20. The second kappa shape index (κ2) is 5.23. The van der Waals surface area contributed by atoms with Crippen molar-refractivity contribution in [3.8, 4) is 0 Å². The van der Waals surface area contributed by atoms with Gasteiger partial charge in [-0.15, -0.1) is 0 Å². The smallest absolute Gasteiger partial charge is 0.255 e. The standard InChI is InChI=1S/C10H10ClFN2OS/c1-14(5-8(13)16)10(15)6-3-2-4-7(12)9(6)11/h2-4H,5H2,1H3,(H2,13,16). The Hall–Kier alpha value is -1.20. The molecule has 6 heteroatoms. The van der Waals surface area contributed by atoms with Crippen molar-refractivity contribution in [1.82, 2.24) is 4.90 Å². The van der Waals surface area contributed by atoms with Crippen molar-refractivity contribution in [3.05, 3.63) is 34.6 Å². The van der Waals surface area contributed by atoms with Gasteiger partial charge in [-0.25, -0.2) is 4.39 Å². The predicted octanol–water partition coefficient (Wildman–Crippen LogP) is 1.84. The van der Waals surface area contributed by atoms with E-state index in [1.807, 2.05) is 0 Å². The first-order valence-corrected chi connectivity index (χ1v) is 5.20. The van der Waals surface area contributed by atoms with Crippen molar-refractivity contribution in [2.24, 2.45) is 5.73 Å². The van der Waals surface area contributed by atoms with Crippen LogP contribution >= 0.6 is 23.8 Å². The van der Waals surface area contributed by atoms with Gasteiger partial charge in [-0.3, -0.25) is 4.79 Å². The molecule has 0 aromatic heterocycles. The number of hydrogen-bond acceptors (Lipinski definition) is 2. The largest absolute Gasteiger partial charge is 0.392 e. The average Bonchev–Trinajstić information content (AvgIpc) is 2.20. The predicted molar refractivity (Wildman–Crippen MR) is 65.2 cm³/mol. The van der Waals surface area contributed by atoms with E-state index in [2.05, 4.69) is 12.2 Å². The van der Waals surface area contributed by atoms with Gasteiger partial charge < -0.3 is 10.6 Å². The SMILES string of the molecule is CN(CC(N)=S)C(=O)c1cccc(F)c1Cl. The summed E-state index contributed by atoms with van der Waals surface area (Å²) in [5.74, 6) is -1.05. The Bertz CT molecular complexity index is 439. The van der Waals surface area contributed by atoms with E-state index in [1.54, 1.807) is 0 Å². The fourth-order valence-corrected chi connectivity index (χ4v) is 1.58. The molecule has 86 valence electrons. The molecular weight excluding hydrogens is 251 g/mol. The molecule has 0 atom stereocenters. The minimum absolute atomic E-state index is 0.0976. The molecule has 16 heavy (non-hydrogen) atoms. The van der Waals surface area contributed by atoms with Gasteiger partial charge in [0.2, 0.25) is 0 Å². The molecule has 1 aromatic rings. The Morgan fingerprint density at radius 2 is 2.25 bits per heavy atom. The van der Waals surface area contributed by atoms with Crippen molar-refractivity contribution in [3.63, 3.8) is 0 Å². The van der Waals surface area contributed by atoms with Crippen LogP contribution in [0, 0.1) is 5.82 Å². The van der Waals surface area contributed by atoms with Crippen LogP contribution in [0.1, 0.15) is 10.4 Å². The van der Waals surface area contributed by atoms with Crippen LogP contribution in [0.25, 0.3) is 0 Å². The number of benzene rings is 1. The molecule has 0 radical (unpaired) electrons. The van der Waals surface area contributed by atoms with Gasteiger partial charge in [0.1, 0.15) is 5.82 Å². The lowest BCUT2D eigenvalue weighted by atomic mass is 10.2. The number of nitrogens with zero attached hydrogens (tertiary/aromatic N) is 1. The summed E-state index contributed by atoms with van der Waals surface area (Å²) in [6.45, 7) is 0.126.